The third kappa shape index (κ3) is 4.31. The van der Waals surface area contributed by atoms with Crippen LogP contribution in [0.25, 0.3) is 0 Å². The van der Waals surface area contributed by atoms with Crippen molar-refractivity contribution in [2.45, 2.75) is 4.90 Å². The number of aliphatic carboxylic acids is 1. The number of ketones is 1. The lowest BCUT2D eigenvalue weighted by Gasteiger charge is -2.03. The monoisotopic (exact) mass is 284 g/mol. The second-order valence-electron chi connectivity index (χ2n) is 3.58. The van der Waals surface area contributed by atoms with Gasteiger partial charge in [-0.1, -0.05) is 0 Å². The van der Waals surface area contributed by atoms with E-state index in [0.717, 1.165) is 12.2 Å². The standard InChI is InChI=1S/C12H12O6S/c1-18-8-19(16,17)10-4-2-9(3-5-10)11(13)6-7-12(14)15/h2-7H,8H2,1H3,(H,14,15)/b7-6+. The first-order valence-electron chi connectivity index (χ1n) is 5.14. The molecule has 0 aromatic heterocycles. The van der Waals surface area contributed by atoms with Crippen LogP contribution >= 0.6 is 0 Å². The van der Waals surface area contributed by atoms with Crippen molar-refractivity contribution in [3.8, 4) is 0 Å². The number of ether oxygens (including phenoxy) is 1. The number of hydrogen-bond acceptors (Lipinski definition) is 5. The maximum absolute atomic E-state index is 11.6. The number of methoxy groups -OCH3 is 1. The molecule has 0 atom stereocenters. The minimum Gasteiger partial charge on any atom is -0.478 e. The summed E-state index contributed by atoms with van der Waals surface area (Å²) < 4.78 is 27.8. The molecule has 0 amide bonds. The van der Waals surface area contributed by atoms with E-state index in [2.05, 4.69) is 4.74 Å². The Morgan fingerprint density at radius 1 is 1.21 bits per heavy atom. The van der Waals surface area contributed by atoms with E-state index < -0.39 is 27.5 Å². The Bertz CT molecular complexity index is 598. The molecule has 1 rings (SSSR count). The molecule has 0 aliphatic heterocycles. The third-order valence-corrected chi connectivity index (χ3v) is 3.68. The minimum atomic E-state index is -3.52. The van der Waals surface area contributed by atoms with Gasteiger partial charge in [-0.2, -0.15) is 0 Å². The predicted molar refractivity (Wildman–Crippen MR) is 66.6 cm³/mol. The predicted octanol–water partition coefficient (Wildman–Crippen LogP) is 0.888. The molecule has 7 heteroatoms. The van der Waals surface area contributed by atoms with Crippen LogP contribution in [-0.2, 0) is 19.4 Å². The average molecular weight is 284 g/mol. The Kier molecular flexibility index (Phi) is 4.96. The second kappa shape index (κ2) is 6.26. The SMILES string of the molecule is COCS(=O)(=O)c1ccc(C(=O)/C=C/C(=O)O)cc1. The highest BCUT2D eigenvalue weighted by molar-refractivity contribution is 7.91. The highest BCUT2D eigenvalue weighted by atomic mass is 32.2. The molecule has 0 saturated carbocycles. The molecule has 0 aliphatic rings. The molecule has 6 nitrogen and oxygen atoms in total. The summed E-state index contributed by atoms with van der Waals surface area (Å²) in [7, 11) is -2.25. The Morgan fingerprint density at radius 3 is 2.26 bits per heavy atom. The quantitative estimate of drug-likeness (QED) is 0.615. The lowest BCUT2D eigenvalue weighted by atomic mass is 10.1. The number of carboxylic acids is 1. The molecule has 0 bridgehead atoms. The van der Waals surface area contributed by atoms with Gasteiger partial charge in [0.05, 0.1) is 4.90 Å². The van der Waals surface area contributed by atoms with Gasteiger partial charge < -0.3 is 9.84 Å². The fourth-order valence-electron chi connectivity index (χ4n) is 1.29. The van der Waals surface area contributed by atoms with Crippen molar-refractivity contribution in [3.05, 3.63) is 42.0 Å². The smallest absolute Gasteiger partial charge is 0.328 e. The first kappa shape index (κ1) is 15.1. The van der Waals surface area contributed by atoms with Crippen LogP contribution in [0.3, 0.4) is 0 Å². The van der Waals surface area contributed by atoms with Crippen LogP contribution < -0.4 is 0 Å². The van der Waals surface area contributed by atoms with E-state index in [1.807, 2.05) is 0 Å². The Labute approximate surface area is 110 Å². The van der Waals surface area contributed by atoms with Gasteiger partial charge >= 0.3 is 5.97 Å². The number of hydrogen-bond donors (Lipinski definition) is 1. The van der Waals surface area contributed by atoms with Crippen molar-refractivity contribution in [2.75, 3.05) is 13.0 Å². The van der Waals surface area contributed by atoms with E-state index in [1.54, 1.807) is 0 Å². The molecule has 0 radical (unpaired) electrons. The second-order valence-corrected chi connectivity index (χ2v) is 5.52. The van der Waals surface area contributed by atoms with Crippen molar-refractivity contribution in [3.63, 3.8) is 0 Å². The first-order valence-corrected chi connectivity index (χ1v) is 6.79. The van der Waals surface area contributed by atoms with Crippen LogP contribution in [0.1, 0.15) is 10.4 Å². The maximum atomic E-state index is 11.6. The van der Waals surface area contributed by atoms with Crippen molar-refractivity contribution in [1.82, 2.24) is 0 Å². The summed E-state index contributed by atoms with van der Waals surface area (Å²) in [5.41, 5.74) is 0.203. The third-order valence-electron chi connectivity index (χ3n) is 2.15. The molecular formula is C12H12O6S. The largest absolute Gasteiger partial charge is 0.478 e. The topological polar surface area (TPSA) is 97.7 Å². The van der Waals surface area contributed by atoms with E-state index in [4.69, 9.17) is 5.11 Å². The zero-order chi connectivity index (χ0) is 14.5. The summed E-state index contributed by atoms with van der Waals surface area (Å²) >= 11 is 0. The zero-order valence-corrected chi connectivity index (χ0v) is 10.9. The van der Waals surface area contributed by atoms with Gasteiger partial charge in [0.15, 0.2) is 11.7 Å². The highest BCUT2D eigenvalue weighted by Crippen LogP contribution is 2.13. The molecular weight excluding hydrogens is 272 g/mol. The maximum Gasteiger partial charge on any atom is 0.328 e. The van der Waals surface area contributed by atoms with Crippen molar-refractivity contribution in [1.29, 1.82) is 0 Å². The van der Waals surface area contributed by atoms with Crippen LogP contribution in [0.15, 0.2) is 41.3 Å². The van der Waals surface area contributed by atoms with Gasteiger partial charge in [0.2, 0.25) is 9.84 Å². The Hall–Kier alpha value is -1.99. The fraction of sp³-hybridized carbons (Fsp3) is 0.167. The number of carboxylic acid groups (broad SMARTS) is 1. The summed E-state index contributed by atoms with van der Waals surface area (Å²) in [6.07, 6.45) is 1.62. The van der Waals surface area contributed by atoms with Gasteiger partial charge in [-0.05, 0) is 30.3 Å². The van der Waals surface area contributed by atoms with Crippen LogP contribution in [0.2, 0.25) is 0 Å². The van der Waals surface area contributed by atoms with Gasteiger partial charge in [-0.25, -0.2) is 13.2 Å². The van der Waals surface area contributed by atoms with Gasteiger partial charge in [0.1, 0.15) is 0 Å². The molecule has 0 heterocycles. The Morgan fingerprint density at radius 2 is 1.79 bits per heavy atom. The minimum absolute atomic E-state index is 0.0353. The molecule has 0 unspecified atom stereocenters. The molecule has 0 fully saturated rings. The number of rotatable bonds is 6. The summed E-state index contributed by atoms with van der Waals surface area (Å²) in [4.78, 5) is 21.8. The van der Waals surface area contributed by atoms with Crippen LogP contribution in [-0.4, -0.2) is 38.3 Å². The van der Waals surface area contributed by atoms with E-state index in [9.17, 15) is 18.0 Å². The molecule has 1 N–H and O–H groups in total. The summed E-state index contributed by atoms with van der Waals surface area (Å²) in [5.74, 6) is -2.19. The summed E-state index contributed by atoms with van der Waals surface area (Å²) in [6.45, 7) is 0. The van der Waals surface area contributed by atoms with E-state index >= 15 is 0 Å². The molecule has 0 saturated heterocycles. The van der Waals surface area contributed by atoms with Crippen LogP contribution in [0, 0.1) is 0 Å². The van der Waals surface area contributed by atoms with Gasteiger partial charge in [0, 0.05) is 18.7 Å². The zero-order valence-electron chi connectivity index (χ0n) is 10.1. The summed E-state index contributed by atoms with van der Waals surface area (Å²) in [6, 6.07) is 5.18. The molecule has 102 valence electrons. The number of sulfone groups is 1. The van der Waals surface area contributed by atoms with Gasteiger partial charge in [-0.3, -0.25) is 4.79 Å². The molecule has 0 aliphatic carbocycles. The molecule has 1 aromatic carbocycles. The summed E-state index contributed by atoms with van der Waals surface area (Å²) in [5, 5.41) is 8.39. The van der Waals surface area contributed by atoms with Gasteiger partial charge in [0.25, 0.3) is 0 Å². The number of benzene rings is 1. The van der Waals surface area contributed by atoms with Gasteiger partial charge in [-0.15, -0.1) is 0 Å². The van der Waals surface area contributed by atoms with Crippen molar-refractivity contribution >= 4 is 21.6 Å². The molecule has 19 heavy (non-hydrogen) atoms. The van der Waals surface area contributed by atoms with E-state index in [1.165, 1.54) is 31.4 Å². The molecule has 1 aromatic rings. The number of carbonyl (C=O) groups excluding carboxylic acids is 1. The number of carbonyl (C=O) groups is 2. The highest BCUT2D eigenvalue weighted by Gasteiger charge is 2.14. The Balaban J connectivity index is 2.94. The normalized spacial score (nSPS) is 11.6. The average Bonchev–Trinajstić information content (AvgIpc) is 2.36. The fourth-order valence-corrected chi connectivity index (χ4v) is 2.29. The first-order chi connectivity index (χ1) is 8.86. The van der Waals surface area contributed by atoms with E-state index in [-0.39, 0.29) is 10.5 Å². The van der Waals surface area contributed by atoms with Crippen molar-refractivity contribution < 1.29 is 27.9 Å². The number of allylic oxidation sites excluding steroid dienone is 1. The molecule has 0 spiro atoms. The van der Waals surface area contributed by atoms with Crippen LogP contribution in [0.4, 0.5) is 0 Å². The van der Waals surface area contributed by atoms with E-state index in [0.29, 0.717) is 0 Å². The van der Waals surface area contributed by atoms with Crippen molar-refractivity contribution in [2.24, 2.45) is 0 Å². The lowest BCUT2D eigenvalue weighted by Crippen LogP contribution is -2.08. The lowest BCUT2D eigenvalue weighted by molar-refractivity contribution is -0.131. The van der Waals surface area contributed by atoms with Crippen LogP contribution in [0.5, 0.6) is 0 Å².